The summed E-state index contributed by atoms with van der Waals surface area (Å²) in [6, 6.07) is 9.58. The van der Waals surface area contributed by atoms with E-state index in [4.69, 9.17) is 10.5 Å². The molecule has 5 heteroatoms. The molecule has 0 aliphatic carbocycles. The van der Waals surface area contributed by atoms with Gasteiger partial charge < -0.3 is 5.32 Å². The summed E-state index contributed by atoms with van der Waals surface area (Å²) < 4.78 is 0. The van der Waals surface area contributed by atoms with E-state index in [1.165, 1.54) is 0 Å². The number of amidine groups is 1. The van der Waals surface area contributed by atoms with Crippen molar-refractivity contribution >= 4 is 22.6 Å². The van der Waals surface area contributed by atoms with Crippen LogP contribution in [0.3, 0.4) is 0 Å². The standard InChI is InChI=1S/C14H14N4S/c1-2-12-5-6-19-14(17-12)18-13-4-3-10(8-15)11(7-13)9-16/h3-4,7,12H,2,5-6H2,1H3,(H,17,18). The first-order chi connectivity index (χ1) is 9.26. The van der Waals surface area contributed by atoms with Crippen LogP contribution in [0.4, 0.5) is 5.69 Å². The summed E-state index contributed by atoms with van der Waals surface area (Å²) in [5.74, 6) is 1.06. The Morgan fingerprint density at radius 3 is 2.84 bits per heavy atom. The van der Waals surface area contributed by atoms with Gasteiger partial charge in [0.1, 0.15) is 12.1 Å². The van der Waals surface area contributed by atoms with Gasteiger partial charge in [0.2, 0.25) is 0 Å². The van der Waals surface area contributed by atoms with Gasteiger partial charge in [0.05, 0.1) is 17.2 Å². The number of hydrogen-bond acceptors (Lipinski definition) is 5. The molecule has 1 aromatic carbocycles. The Morgan fingerprint density at radius 2 is 2.16 bits per heavy atom. The average molecular weight is 270 g/mol. The third-order valence-electron chi connectivity index (χ3n) is 2.97. The molecule has 96 valence electrons. The first-order valence-corrected chi connectivity index (χ1v) is 7.17. The van der Waals surface area contributed by atoms with Crippen molar-refractivity contribution in [2.75, 3.05) is 11.1 Å². The Balaban J connectivity index is 2.18. The highest BCUT2D eigenvalue weighted by Gasteiger charge is 2.14. The van der Waals surface area contributed by atoms with Crippen LogP contribution >= 0.6 is 11.8 Å². The highest BCUT2D eigenvalue weighted by Crippen LogP contribution is 2.22. The van der Waals surface area contributed by atoms with Gasteiger partial charge in [-0.3, -0.25) is 4.99 Å². The molecule has 1 atom stereocenters. The predicted molar refractivity (Wildman–Crippen MR) is 78.1 cm³/mol. The van der Waals surface area contributed by atoms with E-state index in [1.54, 1.807) is 30.0 Å². The molecule has 4 nitrogen and oxygen atoms in total. The molecular weight excluding hydrogens is 256 g/mol. The molecule has 1 aromatic rings. The van der Waals surface area contributed by atoms with Crippen LogP contribution in [0, 0.1) is 22.7 Å². The maximum absolute atomic E-state index is 9.00. The second-order valence-electron chi connectivity index (χ2n) is 4.24. The molecular formula is C14H14N4S. The molecule has 0 bridgehead atoms. The number of anilines is 1. The minimum atomic E-state index is 0.387. The maximum atomic E-state index is 9.00. The molecule has 0 saturated heterocycles. The lowest BCUT2D eigenvalue weighted by Gasteiger charge is -2.19. The predicted octanol–water partition coefficient (Wildman–Crippen LogP) is 3.11. The molecule has 0 radical (unpaired) electrons. The Hall–Kier alpha value is -1.98. The summed E-state index contributed by atoms with van der Waals surface area (Å²) in [5.41, 5.74) is 1.59. The van der Waals surface area contributed by atoms with Crippen LogP contribution in [0.15, 0.2) is 23.2 Å². The van der Waals surface area contributed by atoms with Crippen molar-refractivity contribution in [3.8, 4) is 12.1 Å². The van der Waals surface area contributed by atoms with Gasteiger partial charge in [0, 0.05) is 11.4 Å². The number of thioether (sulfide) groups is 1. The second kappa shape index (κ2) is 6.26. The normalized spacial score (nSPS) is 18.1. The maximum Gasteiger partial charge on any atom is 0.161 e. The summed E-state index contributed by atoms with van der Waals surface area (Å²) in [7, 11) is 0. The van der Waals surface area contributed by atoms with Crippen LogP contribution in [-0.4, -0.2) is 17.0 Å². The molecule has 0 aromatic heterocycles. The van der Waals surface area contributed by atoms with Crippen molar-refractivity contribution in [2.24, 2.45) is 4.99 Å². The molecule has 19 heavy (non-hydrogen) atoms. The smallest absolute Gasteiger partial charge is 0.161 e. The van der Waals surface area contributed by atoms with E-state index in [-0.39, 0.29) is 0 Å². The monoisotopic (exact) mass is 270 g/mol. The molecule has 1 N–H and O–H groups in total. The van der Waals surface area contributed by atoms with E-state index in [1.807, 2.05) is 12.1 Å². The van der Waals surface area contributed by atoms with E-state index in [0.29, 0.717) is 17.2 Å². The number of rotatable bonds is 2. The van der Waals surface area contributed by atoms with Crippen molar-refractivity contribution in [3.05, 3.63) is 29.3 Å². The molecule has 1 aliphatic heterocycles. The lowest BCUT2D eigenvalue weighted by molar-refractivity contribution is 0.634. The van der Waals surface area contributed by atoms with Gasteiger partial charge in [0.15, 0.2) is 5.17 Å². The zero-order chi connectivity index (χ0) is 13.7. The fourth-order valence-corrected chi connectivity index (χ4v) is 2.86. The van der Waals surface area contributed by atoms with E-state index >= 15 is 0 Å². The lowest BCUT2D eigenvalue weighted by Crippen LogP contribution is -2.19. The number of aliphatic imine (C=N–C) groups is 1. The van der Waals surface area contributed by atoms with E-state index in [2.05, 4.69) is 17.2 Å². The minimum absolute atomic E-state index is 0.387. The van der Waals surface area contributed by atoms with Crippen molar-refractivity contribution in [3.63, 3.8) is 0 Å². The minimum Gasteiger partial charge on any atom is -0.335 e. The molecule has 1 unspecified atom stereocenters. The van der Waals surface area contributed by atoms with Gasteiger partial charge in [0.25, 0.3) is 0 Å². The summed E-state index contributed by atoms with van der Waals surface area (Å²) in [5, 5.41) is 22.0. The fraction of sp³-hybridized carbons (Fsp3) is 0.357. The Kier molecular flexibility index (Phi) is 4.43. The quantitative estimate of drug-likeness (QED) is 0.896. The van der Waals surface area contributed by atoms with E-state index < -0.39 is 0 Å². The first kappa shape index (κ1) is 13.5. The number of nitrogens with one attached hydrogen (secondary N) is 1. The van der Waals surface area contributed by atoms with Gasteiger partial charge in [-0.25, -0.2) is 0 Å². The van der Waals surface area contributed by atoms with Crippen LogP contribution in [0.1, 0.15) is 30.9 Å². The van der Waals surface area contributed by atoms with E-state index in [9.17, 15) is 0 Å². The first-order valence-electron chi connectivity index (χ1n) is 6.18. The van der Waals surface area contributed by atoms with Crippen molar-refractivity contribution in [1.29, 1.82) is 10.5 Å². The Morgan fingerprint density at radius 1 is 1.37 bits per heavy atom. The summed E-state index contributed by atoms with van der Waals surface area (Å²) in [6.45, 7) is 2.14. The number of nitriles is 2. The van der Waals surface area contributed by atoms with Crippen molar-refractivity contribution in [2.45, 2.75) is 25.8 Å². The van der Waals surface area contributed by atoms with Crippen LogP contribution in [0.25, 0.3) is 0 Å². The highest BCUT2D eigenvalue weighted by atomic mass is 32.2. The third-order valence-corrected chi connectivity index (χ3v) is 3.89. The number of benzene rings is 1. The summed E-state index contributed by atoms with van der Waals surface area (Å²) in [6.07, 6.45) is 2.16. The zero-order valence-electron chi connectivity index (χ0n) is 10.7. The zero-order valence-corrected chi connectivity index (χ0v) is 11.5. The average Bonchev–Trinajstić information content (AvgIpc) is 2.47. The van der Waals surface area contributed by atoms with Crippen molar-refractivity contribution in [1.82, 2.24) is 0 Å². The van der Waals surface area contributed by atoms with E-state index in [0.717, 1.165) is 29.4 Å². The van der Waals surface area contributed by atoms with Crippen LogP contribution in [0.5, 0.6) is 0 Å². The van der Waals surface area contributed by atoms with Crippen molar-refractivity contribution < 1.29 is 0 Å². The van der Waals surface area contributed by atoms with Gasteiger partial charge in [-0.15, -0.1) is 0 Å². The topological polar surface area (TPSA) is 72.0 Å². The largest absolute Gasteiger partial charge is 0.335 e. The van der Waals surface area contributed by atoms with Crippen LogP contribution < -0.4 is 5.32 Å². The summed E-state index contributed by atoms with van der Waals surface area (Å²) in [4.78, 5) is 4.61. The number of nitrogens with zero attached hydrogens (tertiary/aromatic N) is 3. The third kappa shape index (κ3) is 3.27. The molecule has 0 fully saturated rings. The van der Waals surface area contributed by atoms with Gasteiger partial charge in [-0.05, 0) is 31.0 Å². The van der Waals surface area contributed by atoms with Gasteiger partial charge in [-0.2, -0.15) is 10.5 Å². The molecule has 1 aliphatic rings. The SMILES string of the molecule is CCC1CCSC(Nc2ccc(C#N)c(C#N)c2)=N1. The Labute approximate surface area is 117 Å². The van der Waals surface area contributed by atoms with Gasteiger partial charge in [-0.1, -0.05) is 18.7 Å². The van der Waals surface area contributed by atoms with Gasteiger partial charge >= 0.3 is 0 Å². The highest BCUT2D eigenvalue weighted by molar-refractivity contribution is 8.14. The molecule has 1 heterocycles. The Bertz CT molecular complexity index is 580. The number of hydrogen-bond donors (Lipinski definition) is 1. The van der Waals surface area contributed by atoms with Crippen LogP contribution in [-0.2, 0) is 0 Å². The fourth-order valence-electron chi connectivity index (χ4n) is 1.86. The summed E-state index contributed by atoms with van der Waals surface area (Å²) >= 11 is 1.69. The second-order valence-corrected chi connectivity index (χ2v) is 5.33. The molecule has 0 spiro atoms. The molecule has 0 saturated carbocycles. The molecule has 0 amide bonds. The van der Waals surface area contributed by atoms with Crippen LogP contribution in [0.2, 0.25) is 0 Å². The molecule has 2 rings (SSSR count). The lowest BCUT2D eigenvalue weighted by atomic mass is 10.1.